The molecule has 0 aromatic carbocycles. The van der Waals surface area contributed by atoms with Gasteiger partial charge in [-0.15, -0.1) is 0 Å². The predicted octanol–water partition coefficient (Wildman–Crippen LogP) is 1.09. The molecule has 0 aromatic heterocycles. The first-order valence-electron chi connectivity index (χ1n) is 7.09. The standard InChI is InChI=1S/C14H27N3O4/c1-7-8(2)10(12(19)20)16-13(21)15-9(3)11(18)17-14(4,5)6/h8-10H,7H2,1-6H3,(H,17,18)(H,19,20)(H2,15,16,21). The molecule has 0 heterocycles. The Balaban J connectivity index is 4.54. The maximum atomic E-state index is 11.8. The van der Waals surface area contributed by atoms with E-state index in [0.29, 0.717) is 6.42 Å². The number of carboxylic acids is 1. The summed E-state index contributed by atoms with van der Waals surface area (Å²) in [5, 5.41) is 16.7. The van der Waals surface area contributed by atoms with Gasteiger partial charge < -0.3 is 21.1 Å². The number of carbonyl (C=O) groups excluding carboxylic acids is 2. The van der Waals surface area contributed by atoms with E-state index < -0.39 is 29.6 Å². The molecule has 0 bridgehead atoms. The molecule has 122 valence electrons. The zero-order valence-electron chi connectivity index (χ0n) is 13.6. The molecule has 0 saturated heterocycles. The summed E-state index contributed by atoms with van der Waals surface area (Å²) < 4.78 is 0. The number of hydrogen-bond acceptors (Lipinski definition) is 3. The molecule has 0 aliphatic heterocycles. The van der Waals surface area contributed by atoms with E-state index in [9.17, 15) is 14.4 Å². The molecule has 0 fully saturated rings. The number of amides is 3. The maximum absolute atomic E-state index is 11.8. The number of urea groups is 1. The summed E-state index contributed by atoms with van der Waals surface area (Å²) in [6.45, 7) is 10.6. The first-order valence-corrected chi connectivity index (χ1v) is 7.09. The molecule has 3 amide bonds. The van der Waals surface area contributed by atoms with Gasteiger partial charge in [0.1, 0.15) is 12.1 Å². The zero-order chi connectivity index (χ0) is 16.8. The third-order valence-corrected chi connectivity index (χ3v) is 3.00. The van der Waals surface area contributed by atoms with Gasteiger partial charge in [-0.2, -0.15) is 0 Å². The minimum atomic E-state index is -1.09. The normalized spacial score (nSPS) is 15.5. The highest BCUT2D eigenvalue weighted by molar-refractivity contribution is 5.88. The monoisotopic (exact) mass is 301 g/mol. The fourth-order valence-corrected chi connectivity index (χ4v) is 1.61. The van der Waals surface area contributed by atoms with Gasteiger partial charge in [-0.25, -0.2) is 9.59 Å². The number of rotatable bonds is 6. The number of carboxylic acid groups (broad SMARTS) is 1. The Morgan fingerprint density at radius 1 is 1.10 bits per heavy atom. The molecule has 7 heteroatoms. The Hall–Kier alpha value is -1.79. The first kappa shape index (κ1) is 19.2. The lowest BCUT2D eigenvalue weighted by Crippen LogP contribution is -2.55. The van der Waals surface area contributed by atoms with Crippen LogP contribution in [0.15, 0.2) is 0 Å². The van der Waals surface area contributed by atoms with E-state index in [1.807, 2.05) is 27.7 Å². The van der Waals surface area contributed by atoms with Crippen molar-refractivity contribution in [3.63, 3.8) is 0 Å². The topological polar surface area (TPSA) is 108 Å². The first-order chi connectivity index (χ1) is 9.47. The summed E-state index contributed by atoms with van der Waals surface area (Å²) in [6, 6.07) is -2.40. The average molecular weight is 301 g/mol. The Morgan fingerprint density at radius 3 is 2.00 bits per heavy atom. The highest BCUT2D eigenvalue weighted by Crippen LogP contribution is 2.07. The third-order valence-electron chi connectivity index (χ3n) is 3.00. The van der Waals surface area contributed by atoms with Crippen LogP contribution in [-0.2, 0) is 9.59 Å². The molecule has 0 spiro atoms. The number of carbonyl (C=O) groups is 3. The number of nitrogens with one attached hydrogen (secondary N) is 3. The fraction of sp³-hybridized carbons (Fsp3) is 0.786. The van der Waals surface area contributed by atoms with Crippen molar-refractivity contribution in [1.29, 1.82) is 0 Å². The fourth-order valence-electron chi connectivity index (χ4n) is 1.61. The second kappa shape index (κ2) is 7.85. The number of hydrogen-bond donors (Lipinski definition) is 4. The van der Waals surface area contributed by atoms with Crippen LogP contribution < -0.4 is 16.0 Å². The molecule has 0 radical (unpaired) electrons. The summed E-state index contributed by atoms with van der Waals surface area (Å²) in [4.78, 5) is 34.7. The van der Waals surface area contributed by atoms with Crippen molar-refractivity contribution >= 4 is 17.9 Å². The second-order valence-corrected chi connectivity index (χ2v) is 6.28. The highest BCUT2D eigenvalue weighted by atomic mass is 16.4. The molecular formula is C14H27N3O4. The van der Waals surface area contributed by atoms with Gasteiger partial charge in [-0.3, -0.25) is 4.79 Å². The lowest BCUT2D eigenvalue weighted by molar-refractivity contribution is -0.140. The van der Waals surface area contributed by atoms with E-state index in [-0.39, 0.29) is 11.8 Å². The summed E-state index contributed by atoms with van der Waals surface area (Å²) in [5.41, 5.74) is -0.399. The van der Waals surface area contributed by atoms with Crippen LogP contribution in [0.25, 0.3) is 0 Å². The van der Waals surface area contributed by atoms with Crippen LogP contribution in [0.5, 0.6) is 0 Å². The molecular weight excluding hydrogens is 274 g/mol. The van der Waals surface area contributed by atoms with Crippen molar-refractivity contribution in [2.45, 2.75) is 65.6 Å². The van der Waals surface area contributed by atoms with Gasteiger partial charge >= 0.3 is 12.0 Å². The van der Waals surface area contributed by atoms with E-state index in [4.69, 9.17) is 5.11 Å². The van der Waals surface area contributed by atoms with Gasteiger partial charge in [0, 0.05) is 5.54 Å². The summed E-state index contributed by atoms with van der Waals surface area (Å²) in [5.74, 6) is -1.62. The molecule has 3 atom stereocenters. The van der Waals surface area contributed by atoms with Gasteiger partial charge in [-0.1, -0.05) is 20.3 Å². The van der Waals surface area contributed by atoms with E-state index in [1.54, 1.807) is 13.8 Å². The lowest BCUT2D eigenvalue weighted by atomic mass is 9.99. The quantitative estimate of drug-likeness (QED) is 0.589. The van der Waals surface area contributed by atoms with Crippen LogP contribution in [0.1, 0.15) is 48.0 Å². The van der Waals surface area contributed by atoms with Crippen LogP contribution in [-0.4, -0.2) is 40.6 Å². The molecule has 0 aromatic rings. The van der Waals surface area contributed by atoms with Crippen LogP contribution >= 0.6 is 0 Å². The minimum absolute atomic E-state index is 0.202. The lowest BCUT2D eigenvalue weighted by Gasteiger charge is -2.25. The minimum Gasteiger partial charge on any atom is -0.480 e. The molecule has 21 heavy (non-hydrogen) atoms. The summed E-state index contributed by atoms with van der Waals surface area (Å²) >= 11 is 0. The van der Waals surface area contributed by atoms with Gasteiger partial charge in [0.15, 0.2) is 0 Å². The van der Waals surface area contributed by atoms with Crippen molar-refractivity contribution < 1.29 is 19.5 Å². The molecule has 0 rings (SSSR count). The van der Waals surface area contributed by atoms with Crippen molar-refractivity contribution in [3.05, 3.63) is 0 Å². The van der Waals surface area contributed by atoms with E-state index in [2.05, 4.69) is 16.0 Å². The predicted molar refractivity (Wildman–Crippen MR) is 79.9 cm³/mol. The smallest absolute Gasteiger partial charge is 0.326 e. The Kier molecular flexibility index (Phi) is 7.18. The Morgan fingerprint density at radius 2 is 1.62 bits per heavy atom. The summed E-state index contributed by atoms with van der Waals surface area (Å²) in [7, 11) is 0. The molecule has 3 unspecified atom stereocenters. The molecule has 0 aliphatic rings. The van der Waals surface area contributed by atoms with Crippen LogP contribution in [0, 0.1) is 5.92 Å². The van der Waals surface area contributed by atoms with Crippen LogP contribution in [0.3, 0.4) is 0 Å². The van der Waals surface area contributed by atoms with Crippen molar-refractivity contribution in [1.82, 2.24) is 16.0 Å². The Labute approximate surface area is 125 Å². The van der Waals surface area contributed by atoms with Gasteiger partial charge in [-0.05, 0) is 33.6 Å². The van der Waals surface area contributed by atoms with Crippen molar-refractivity contribution in [3.8, 4) is 0 Å². The molecule has 0 aliphatic carbocycles. The SMILES string of the molecule is CCC(C)C(NC(=O)NC(C)C(=O)NC(C)(C)C)C(=O)O. The van der Waals surface area contributed by atoms with Crippen LogP contribution in [0.4, 0.5) is 4.79 Å². The van der Waals surface area contributed by atoms with E-state index >= 15 is 0 Å². The number of aliphatic carboxylic acids is 1. The maximum Gasteiger partial charge on any atom is 0.326 e. The second-order valence-electron chi connectivity index (χ2n) is 6.28. The van der Waals surface area contributed by atoms with Gasteiger partial charge in [0.05, 0.1) is 0 Å². The average Bonchev–Trinajstić information content (AvgIpc) is 2.32. The van der Waals surface area contributed by atoms with Crippen molar-refractivity contribution in [2.75, 3.05) is 0 Å². The summed E-state index contributed by atoms with van der Waals surface area (Å²) in [6.07, 6.45) is 0.622. The highest BCUT2D eigenvalue weighted by Gasteiger charge is 2.27. The largest absolute Gasteiger partial charge is 0.480 e. The molecule has 7 nitrogen and oxygen atoms in total. The van der Waals surface area contributed by atoms with E-state index in [1.165, 1.54) is 0 Å². The zero-order valence-corrected chi connectivity index (χ0v) is 13.6. The Bertz CT molecular complexity index is 390. The molecule has 0 saturated carbocycles. The van der Waals surface area contributed by atoms with Gasteiger partial charge in [0.2, 0.25) is 5.91 Å². The van der Waals surface area contributed by atoms with Crippen LogP contribution in [0.2, 0.25) is 0 Å². The van der Waals surface area contributed by atoms with E-state index in [0.717, 1.165) is 0 Å². The molecule has 4 N–H and O–H groups in total. The van der Waals surface area contributed by atoms with Crippen molar-refractivity contribution in [2.24, 2.45) is 5.92 Å². The third kappa shape index (κ3) is 7.53. The van der Waals surface area contributed by atoms with Gasteiger partial charge in [0.25, 0.3) is 0 Å².